The molecule has 0 aromatic heterocycles. The van der Waals surface area contributed by atoms with Gasteiger partial charge in [0, 0.05) is 52.8 Å². The van der Waals surface area contributed by atoms with E-state index in [1.165, 1.54) is 41.5 Å². The van der Waals surface area contributed by atoms with Crippen LogP contribution in [0.4, 0.5) is 0 Å². The highest BCUT2D eigenvalue weighted by atomic mass is 16.2. The molecule has 0 radical (unpaired) electrons. The van der Waals surface area contributed by atoms with E-state index < -0.39 is 23.6 Å². The fraction of sp³-hybridized carbons (Fsp3) is 0.429. The first-order valence-corrected chi connectivity index (χ1v) is 9.04. The van der Waals surface area contributed by atoms with Gasteiger partial charge in [0.15, 0.2) is 5.78 Å². The first-order chi connectivity index (χ1) is 13.4. The second-order valence-corrected chi connectivity index (χ2v) is 6.47. The molecule has 1 aromatic rings. The van der Waals surface area contributed by atoms with Crippen LogP contribution in [0.25, 0.3) is 0 Å². The number of hydrogen-bond acceptors (Lipinski definition) is 6. The smallest absolute Gasteiger partial charge is 0.226 e. The summed E-state index contributed by atoms with van der Waals surface area (Å²) >= 11 is 0. The number of benzene rings is 1. The Bertz CT molecular complexity index is 740. The second-order valence-electron chi connectivity index (χ2n) is 6.47. The van der Waals surface area contributed by atoms with E-state index in [1.807, 2.05) is 12.1 Å². The molecule has 0 bridgehead atoms. The van der Waals surface area contributed by atoms with Crippen molar-refractivity contribution in [2.24, 2.45) is 0 Å². The van der Waals surface area contributed by atoms with Gasteiger partial charge in [-0.3, -0.25) is 38.6 Å². The number of ketones is 2. The highest BCUT2D eigenvalue weighted by molar-refractivity contribution is 5.97. The Morgan fingerprint density at radius 3 is 1.34 bits per heavy atom. The molecule has 0 heterocycles. The molecule has 0 atom stereocenters. The molecule has 1 aromatic carbocycles. The summed E-state index contributed by atoms with van der Waals surface area (Å²) in [5.74, 6) is -1.52. The van der Waals surface area contributed by atoms with Gasteiger partial charge in [-0.25, -0.2) is 0 Å². The SMILES string of the molecule is CC(=O)Cc1ccccc1C(C)=O.CC(=O)N(CCN(C(C)=O)C(C)=O)C(C)=O. The molecule has 0 saturated carbocycles. The van der Waals surface area contributed by atoms with Crippen molar-refractivity contribution in [3.8, 4) is 0 Å². The normalized spacial score (nSPS) is 9.59. The highest BCUT2D eigenvalue weighted by Crippen LogP contribution is 2.10. The van der Waals surface area contributed by atoms with Gasteiger partial charge in [-0.1, -0.05) is 24.3 Å². The molecule has 8 nitrogen and oxygen atoms in total. The zero-order chi connectivity index (χ0) is 22.7. The molecule has 0 fully saturated rings. The lowest BCUT2D eigenvalue weighted by molar-refractivity contribution is -0.147. The van der Waals surface area contributed by atoms with Crippen molar-refractivity contribution in [3.05, 3.63) is 35.4 Å². The summed E-state index contributed by atoms with van der Waals surface area (Å²) in [4.78, 5) is 68.2. The molecule has 8 heteroatoms. The Labute approximate surface area is 170 Å². The molecule has 0 saturated heterocycles. The van der Waals surface area contributed by atoms with Crippen LogP contribution in [0, 0.1) is 0 Å². The predicted octanol–water partition coefficient (Wildman–Crippen LogP) is 1.80. The average Bonchev–Trinajstić information content (AvgIpc) is 2.57. The van der Waals surface area contributed by atoms with Crippen LogP contribution in [0.1, 0.15) is 57.5 Å². The Kier molecular flexibility index (Phi) is 11.0. The number of rotatable bonds is 6. The first kappa shape index (κ1) is 25.8. The third-order valence-electron chi connectivity index (χ3n) is 3.90. The summed E-state index contributed by atoms with van der Waals surface area (Å²) < 4.78 is 0. The monoisotopic (exact) mass is 404 g/mol. The first-order valence-electron chi connectivity index (χ1n) is 9.04. The lowest BCUT2D eigenvalue weighted by Gasteiger charge is -2.22. The second kappa shape index (κ2) is 12.3. The minimum atomic E-state index is -0.403. The summed E-state index contributed by atoms with van der Waals surface area (Å²) in [7, 11) is 0. The van der Waals surface area contributed by atoms with Crippen molar-refractivity contribution in [2.45, 2.75) is 48.0 Å². The molecule has 0 aliphatic carbocycles. The lowest BCUT2D eigenvalue weighted by atomic mass is 10.0. The molecule has 0 spiro atoms. The van der Waals surface area contributed by atoms with Crippen molar-refractivity contribution in [1.82, 2.24) is 9.80 Å². The van der Waals surface area contributed by atoms with E-state index in [-0.39, 0.29) is 24.7 Å². The number of imide groups is 2. The Morgan fingerprint density at radius 1 is 0.655 bits per heavy atom. The van der Waals surface area contributed by atoms with Gasteiger partial charge < -0.3 is 0 Å². The van der Waals surface area contributed by atoms with Crippen molar-refractivity contribution in [1.29, 1.82) is 0 Å². The van der Waals surface area contributed by atoms with E-state index in [9.17, 15) is 28.8 Å². The summed E-state index contributed by atoms with van der Waals surface area (Å²) in [5.41, 5.74) is 1.47. The van der Waals surface area contributed by atoms with Crippen LogP contribution in [0.15, 0.2) is 24.3 Å². The van der Waals surface area contributed by atoms with Crippen LogP contribution in [-0.2, 0) is 30.4 Å². The highest BCUT2D eigenvalue weighted by Gasteiger charge is 2.18. The topological polar surface area (TPSA) is 109 Å². The number of amides is 4. The Morgan fingerprint density at radius 2 is 1.03 bits per heavy atom. The molecule has 0 aliphatic heterocycles. The van der Waals surface area contributed by atoms with Gasteiger partial charge in [0.05, 0.1) is 0 Å². The van der Waals surface area contributed by atoms with E-state index in [0.29, 0.717) is 12.0 Å². The number of nitrogens with zero attached hydrogens (tertiary/aromatic N) is 2. The average molecular weight is 404 g/mol. The number of hydrogen-bond donors (Lipinski definition) is 0. The molecule has 158 valence electrons. The fourth-order valence-electron chi connectivity index (χ4n) is 2.56. The maximum absolute atomic E-state index is 11.1. The van der Waals surface area contributed by atoms with Crippen molar-refractivity contribution in [2.75, 3.05) is 13.1 Å². The zero-order valence-electron chi connectivity index (χ0n) is 17.8. The minimum absolute atomic E-state index is 0.0110. The minimum Gasteiger partial charge on any atom is -0.300 e. The van der Waals surface area contributed by atoms with Gasteiger partial charge in [0.25, 0.3) is 0 Å². The Balaban J connectivity index is 0.000000551. The zero-order valence-corrected chi connectivity index (χ0v) is 17.8. The molecule has 29 heavy (non-hydrogen) atoms. The Hall–Kier alpha value is -3.16. The van der Waals surface area contributed by atoms with Crippen LogP contribution in [0.5, 0.6) is 0 Å². The molecular weight excluding hydrogens is 376 g/mol. The van der Waals surface area contributed by atoms with Crippen LogP contribution < -0.4 is 0 Å². The number of Topliss-reactive ketones (excluding diaryl/α,β-unsaturated/α-hetero) is 2. The molecule has 0 aliphatic rings. The summed E-state index contributed by atoms with van der Waals surface area (Å²) in [5, 5.41) is 0. The third kappa shape index (κ3) is 9.55. The van der Waals surface area contributed by atoms with Gasteiger partial charge in [0.1, 0.15) is 5.78 Å². The predicted molar refractivity (Wildman–Crippen MR) is 107 cm³/mol. The maximum atomic E-state index is 11.1. The molecule has 1 rings (SSSR count). The van der Waals surface area contributed by atoms with Crippen molar-refractivity contribution in [3.63, 3.8) is 0 Å². The molecule has 0 N–H and O–H groups in total. The molecule has 0 unspecified atom stereocenters. The summed E-state index contributed by atoms with van der Waals surface area (Å²) in [6.45, 7) is 8.13. The largest absolute Gasteiger partial charge is 0.300 e. The quantitative estimate of drug-likeness (QED) is 0.669. The maximum Gasteiger partial charge on any atom is 0.226 e. The summed E-state index contributed by atoms with van der Waals surface area (Å²) in [6, 6.07) is 7.21. The van der Waals surface area contributed by atoms with Gasteiger partial charge in [-0.2, -0.15) is 0 Å². The van der Waals surface area contributed by atoms with Crippen LogP contribution >= 0.6 is 0 Å². The van der Waals surface area contributed by atoms with Gasteiger partial charge in [-0.15, -0.1) is 0 Å². The lowest BCUT2D eigenvalue weighted by Crippen LogP contribution is -2.43. The number of carbonyl (C=O) groups is 6. The van der Waals surface area contributed by atoms with Crippen LogP contribution in [0.3, 0.4) is 0 Å². The fourth-order valence-corrected chi connectivity index (χ4v) is 2.56. The van der Waals surface area contributed by atoms with Crippen molar-refractivity contribution >= 4 is 35.2 Å². The standard InChI is InChI=1S/C11H12O2.C10H16N2O4/c1-8(12)7-10-5-3-4-6-11(10)9(2)13;1-7(13)11(8(2)14)5-6-12(9(3)15)10(4)16/h3-6H,7H2,1-2H3;5-6H2,1-4H3. The third-order valence-corrected chi connectivity index (χ3v) is 3.90. The van der Waals surface area contributed by atoms with E-state index in [0.717, 1.165) is 15.4 Å². The van der Waals surface area contributed by atoms with E-state index in [2.05, 4.69) is 0 Å². The van der Waals surface area contributed by atoms with E-state index in [1.54, 1.807) is 12.1 Å². The van der Waals surface area contributed by atoms with E-state index in [4.69, 9.17) is 0 Å². The van der Waals surface area contributed by atoms with Gasteiger partial charge in [-0.05, 0) is 19.4 Å². The van der Waals surface area contributed by atoms with Gasteiger partial charge in [0.2, 0.25) is 23.6 Å². The molecule has 4 amide bonds. The van der Waals surface area contributed by atoms with Crippen LogP contribution in [0.2, 0.25) is 0 Å². The molecular formula is C21H28N2O6. The van der Waals surface area contributed by atoms with Crippen LogP contribution in [-0.4, -0.2) is 58.1 Å². The summed E-state index contributed by atoms with van der Waals surface area (Å²) in [6.07, 6.45) is 0.343. The van der Waals surface area contributed by atoms with Gasteiger partial charge >= 0.3 is 0 Å². The number of carbonyl (C=O) groups excluding carboxylic acids is 6. The van der Waals surface area contributed by atoms with Crippen molar-refractivity contribution < 1.29 is 28.8 Å². The van der Waals surface area contributed by atoms with E-state index >= 15 is 0 Å².